The fourth-order valence-electron chi connectivity index (χ4n) is 1.38. The van der Waals surface area contributed by atoms with Crippen molar-refractivity contribution in [3.05, 3.63) is 0 Å². The summed E-state index contributed by atoms with van der Waals surface area (Å²) >= 11 is 0. The minimum atomic E-state index is -0.637. The maximum absolute atomic E-state index is 11.9. The molecule has 3 heteroatoms. The van der Waals surface area contributed by atoms with Gasteiger partial charge < -0.3 is 10.5 Å². The van der Waals surface area contributed by atoms with Crippen LogP contribution in [0.15, 0.2) is 0 Å². The minimum absolute atomic E-state index is 0.188. The molecule has 0 aliphatic carbocycles. The SMILES string of the molecule is CC(C)[C@H](N)C(C)(C)C(=O)OC(C)(C)C. The van der Waals surface area contributed by atoms with E-state index < -0.39 is 11.0 Å². The molecule has 1 atom stereocenters. The molecule has 90 valence electrons. The molecular weight excluding hydrogens is 190 g/mol. The number of nitrogens with two attached hydrogens (primary N) is 1. The molecule has 15 heavy (non-hydrogen) atoms. The van der Waals surface area contributed by atoms with Crippen LogP contribution in [0.3, 0.4) is 0 Å². The molecule has 0 fully saturated rings. The molecule has 0 aliphatic heterocycles. The van der Waals surface area contributed by atoms with E-state index in [1.54, 1.807) is 0 Å². The first kappa shape index (κ1) is 14.4. The molecule has 2 N–H and O–H groups in total. The van der Waals surface area contributed by atoms with Crippen LogP contribution >= 0.6 is 0 Å². The zero-order valence-electron chi connectivity index (χ0n) is 11.0. The van der Waals surface area contributed by atoms with Crippen molar-refractivity contribution in [2.75, 3.05) is 0 Å². The van der Waals surface area contributed by atoms with Crippen LogP contribution in [-0.4, -0.2) is 17.6 Å². The summed E-state index contributed by atoms with van der Waals surface area (Å²) in [5.74, 6) is 0.0312. The van der Waals surface area contributed by atoms with Crippen LogP contribution in [0.2, 0.25) is 0 Å². The highest BCUT2D eigenvalue weighted by Gasteiger charge is 2.39. The zero-order chi connectivity index (χ0) is 12.4. The average molecular weight is 215 g/mol. The lowest BCUT2D eigenvalue weighted by molar-refractivity contribution is -0.167. The van der Waals surface area contributed by atoms with Crippen molar-refractivity contribution in [1.29, 1.82) is 0 Å². The Hall–Kier alpha value is -0.570. The number of hydrogen-bond donors (Lipinski definition) is 1. The van der Waals surface area contributed by atoms with E-state index in [1.807, 2.05) is 48.5 Å². The van der Waals surface area contributed by atoms with Crippen molar-refractivity contribution < 1.29 is 9.53 Å². The summed E-state index contributed by atoms with van der Waals surface area (Å²) in [6.07, 6.45) is 0. The maximum atomic E-state index is 11.9. The van der Waals surface area contributed by atoms with E-state index in [-0.39, 0.29) is 17.9 Å². The molecule has 0 saturated carbocycles. The molecule has 0 rings (SSSR count). The highest BCUT2D eigenvalue weighted by atomic mass is 16.6. The van der Waals surface area contributed by atoms with Crippen LogP contribution in [0.1, 0.15) is 48.5 Å². The summed E-state index contributed by atoms with van der Waals surface area (Å²) in [5.41, 5.74) is 4.92. The van der Waals surface area contributed by atoms with Crippen LogP contribution in [0.4, 0.5) is 0 Å². The first-order valence-corrected chi connectivity index (χ1v) is 5.47. The third-order valence-electron chi connectivity index (χ3n) is 2.48. The van der Waals surface area contributed by atoms with Gasteiger partial charge in [0.1, 0.15) is 5.60 Å². The first-order valence-electron chi connectivity index (χ1n) is 5.47. The standard InChI is InChI=1S/C12H25NO2/c1-8(2)9(13)12(6,7)10(14)15-11(3,4)5/h8-9H,13H2,1-7H3/t9-/m0/s1. The van der Waals surface area contributed by atoms with Gasteiger partial charge in [-0.05, 0) is 40.5 Å². The summed E-state index contributed by atoms with van der Waals surface area (Å²) < 4.78 is 5.35. The molecule has 0 amide bonds. The quantitative estimate of drug-likeness (QED) is 0.735. The second kappa shape index (κ2) is 4.52. The molecular formula is C12H25NO2. The fraction of sp³-hybridized carbons (Fsp3) is 0.917. The van der Waals surface area contributed by atoms with Gasteiger partial charge in [0.2, 0.25) is 0 Å². The summed E-state index contributed by atoms with van der Waals surface area (Å²) in [6.45, 7) is 13.3. The van der Waals surface area contributed by atoms with Gasteiger partial charge >= 0.3 is 5.97 Å². The monoisotopic (exact) mass is 215 g/mol. The summed E-state index contributed by atoms with van der Waals surface area (Å²) in [4.78, 5) is 11.9. The second-order valence-corrected chi connectivity index (χ2v) is 5.99. The average Bonchev–Trinajstić information content (AvgIpc) is 1.99. The fourth-order valence-corrected chi connectivity index (χ4v) is 1.38. The predicted octanol–water partition coefficient (Wildman–Crippen LogP) is 2.34. The number of rotatable bonds is 3. The van der Waals surface area contributed by atoms with Crippen LogP contribution in [0.5, 0.6) is 0 Å². The van der Waals surface area contributed by atoms with E-state index in [2.05, 4.69) is 0 Å². The number of esters is 1. The third-order valence-corrected chi connectivity index (χ3v) is 2.48. The van der Waals surface area contributed by atoms with Crippen molar-refractivity contribution in [1.82, 2.24) is 0 Å². The first-order chi connectivity index (χ1) is 6.48. The molecule has 0 heterocycles. The van der Waals surface area contributed by atoms with Gasteiger partial charge in [0, 0.05) is 6.04 Å². The normalized spacial score (nSPS) is 15.3. The van der Waals surface area contributed by atoms with Crippen LogP contribution in [0, 0.1) is 11.3 Å². The van der Waals surface area contributed by atoms with Gasteiger partial charge in [0.05, 0.1) is 5.41 Å². The number of carbonyl (C=O) groups is 1. The van der Waals surface area contributed by atoms with Crippen molar-refractivity contribution in [2.24, 2.45) is 17.1 Å². The van der Waals surface area contributed by atoms with Crippen molar-refractivity contribution in [2.45, 2.75) is 60.1 Å². The number of hydrogen-bond acceptors (Lipinski definition) is 3. The van der Waals surface area contributed by atoms with Gasteiger partial charge in [0.15, 0.2) is 0 Å². The maximum Gasteiger partial charge on any atom is 0.313 e. The number of ether oxygens (including phenoxy) is 1. The minimum Gasteiger partial charge on any atom is -0.460 e. The number of carbonyl (C=O) groups excluding carboxylic acids is 1. The van der Waals surface area contributed by atoms with Gasteiger partial charge in [-0.3, -0.25) is 4.79 Å². The summed E-state index contributed by atoms with van der Waals surface area (Å²) in [6, 6.07) is -0.188. The highest BCUT2D eigenvalue weighted by molar-refractivity contribution is 5.77. The van der Waals surface area contributed by atoms with Gasteiger partial charge in [-0.25, -0.2) is 0 Å². The Labute approximate surface area is 93.4 Å². The van der Waals surface area contributed by atoms with E-state index in [0.29, 0.717) is 0 Å². The molecule has 0 aromatic carbocycles. The predicted molar refractivity (Wildman–Crippen MR) is 62.4 cm³/mol. The Morgan fingerprint density at radius 1 is 1.13 bits per heavy atom. The molecule has 0 aliphatic rings. The molecule has 3 nitrogen and oxygen atoms in total. The van der Waals surface area contributed by atoms with E-state index in [1.165, 1.54) is 0 Å². The molecule has 0 radical (unpaired) electrons. The molecule has 0 unspecified atom stereocenters. The van der Waals surface area contributed by atoms with Crippen LogP contribution < -0.4 is 5.73 Å². The van der Waals surface area contributed by atoms with Gasteiger partial charge in [-0.2, -0.15) is 0 Å². The zero-order valence-corrected chi connectivity index (χ0v) is 11.0. The Balaban J connectivity index is 4.66. The third kappa shape index (κ3) is 4.20. The second-order valence-electron chi connectivity index (χ2n) is 5.99. The molecule has 0 aromatic heterocycles. The van der Waals surface area contributed by atoms with E-state index in [4.69, 9.17) is 10.5 Å². The van der Waals surface area contributed by atoms with E-state index in [9.17, 15) is 4.79 Å². The summed E-state index contributed by atoms with van der Waals surface area (Å²) in [5, 5.41) is 0. The Bertz CT molecular complexity index is 226. The van der Waals surface area contributed by atoms with Crippen molar-refractivity contribution >= 4 is 5.97 Å². The Kier molecular flexibility index (Phi) is 4.35. The van der Waals surface area contributed by atoms with E-state index in [0.717, 1.165) is 0 Å². The van der Waals surface area contributed by atoms with Crippen molar-refractivity contribution in [3.8, 4) is 0 Å². The van der Waals surface area contributed by atoms with Gasteiger partial charge in [-0.15, -0.1) is 0 Å². The lowest BCUT2D eigenvalue weighted by Gasteiger charge is -2.34. The largest absolute Gasteiger partial charge is 0.460 e. The van der Waals surface area contributed by atoms with Crippen molar-refractivity contribution in [3.63, 3.8) is 0 Å². The topological polar surface area (TPSA) is 52.3 Å². The molecule has 0 bridgehead atoms. The smallest absolute Gasteiger partial charge is 0.313 e. The van der Waals surface area contributed by atoms with Gasteiger partial charge in [0.25, 0.3) is 0 Å². The van der Waals surface area contributed by atoms with Crippen LogP contribution in [0.25, 0.3) is 0 Å². The molecule has 0 saturated heterocycles. The summed E-state index contributed by atoms with van der Waals surface area (Å²) in [7, 11) is 0. The van der Waals surface area contributed by atoms with Crippen LogP contribution in [-0.2, 0) is 9.53 Å². The highest BCUT2D eigenvalue weighted by Crippen LogP contribution is 2.28. The molecule has 0 spiro atoms. The van der Waals surface area contributed by atoms with E-state index >= 15 is 0 Å². The van der Waals surface area contributed by atoms with Gasteiger partial charge in [-0.1, -0.05) is 13.8 Å². The Morgan fingerprint density at radius 3 is 1.80 bits per heavy atom. The lowest BCUT2D eigenvalue weighted by atomic mass is 9.79. The molecule has 0 aromatic rings. The Morgan fingerprint density at radius 2 is 1.53 bits per heavy atom. The lowest BCUT2D eigenvalue weighted by Crippen LogP contribution is -2.48.